The highest BCUT2D eigenvalue weighted by molar-refractivity contribution is 5.10. The third kappa shape index (κ3) is 1.61. The standard InChI is InChI=1S/C11H14O3/c1-3-11(12)7-6-10(14-11)9-5-4-8(2)13-9/h3-5,10,12H,1,6-7H2,2H3. The fraction of sp³-hybridized carbons (Fsp3) is 0.455. The number of hydrogen-bond acceptors (Lipinski definition) is 3. The van der Waals surface area contributed by atoms with E-state index in [9.17, 15) is 5.11 Å². The lowest BCUT2D eigenvalue weighted by Gasteiger charge is -2.17. The maximum Gasteiger partial charge on any atom is 0.185 e. The van der Waals surface area contributed by atoms with Gasteiger partial charge in [0.2, 0.25) is 0 Å². The van der Waals surface area contributed by atoms with Gasteiger partial charge in [0.15, 0.2) is 5.79 Å². The van der Waals surface area contributed by atoms with E-state index in [1.165, 1.54) is 6.08 Å². The number of aliphatic hydroxyl groups is 1. The summed E-state index contributed by atoms with van der Waals surface area (Å²) >= 11 is 0. The molecule has 3 nitrogen and oxygen atoms in total. The van der Waals surface area contributed by atoms with Gasteiger partial charge in [0.1, 0.15) is 17.6 Å². The topological polar surface area (TPSA) is 42.6 Å². The Hall–Kier alpha value is -1.06. The molecule has 1 N–H and O–H groups in total. The van der Waals surface area contributed by atoms with Crippen molar-refractivity contribution >= 4 is 0 Å². The van der Waals surface area contributed by atoms with E-state index in [2.05, 4.69) is 6.58 Å². The first-order valence-electron chi connectivity index (χ1n) is 4.73. The number of rotatable bonds is 2. The molecule has 2 unspecified atom stereocenters. The summed E-state index contributed by atoms with van der Waals surface area (Å²) in [7, 11) is 0. The van der Waals surface area contributed by atoms with Gasteiger partial charge in [0.25, 0.3) is 0 Å². The average Bonchev–Trinajstić information content (AvgIpc) is 2.73. The molecule has 0 spiro atoms. The Kier molecular flexibility index (Phi) is 2.21. The van der Waals surface area contributed by atoms with Crippen molar-refractivity contribution < 1.29 is 14.3 Å². The van der Waals surface area contributed by atoms with Crippen molar-refractivity contribution in [3.8, 4) is 0 Å². The molecule has 0 aliphatic carbocycles. The Bertz CT molecular complexity index is 342. The van der Waals surface area contributed by atoms with E-state index in [1.54, 1.807) is 0 Å². The molecule has 0 radical (unpaired) electrons. The quantitative estimate of drug-likeness (QED) is 0.734. The number of hydrogen-bond donors (Lipinski definition) is 1. The van der Waals surface area contributed by atoms with E-state index in [0.29, 0.717) is 6.42 Å². The normalized spacial score (nSPS) is 32.0. The predicted molar refractivity (Wildman–Crippen MR) is 51.7 cm³/mol. The van der Waals surface area contributed by atoms with Crippen molar-refractivity contribution in [1.29, 1.82) is 0 Å². The van der Waals surface area contributed by atoms with Crippen LogP contribution in [-0.4, -0.2) is 10.9 Å². The maximum absolute atomic E-state index is 9.76. The summed E-state index contributed by atoms with van der Waals surface area (Å²) in [4.78, 5) is 0. The highest BCUT2D eigenvalue weighted by atomic mass is 16.6. The Balaban J connectivity index is 2.13. The second kappa shape index (κ2) is 3.26. The van der Waals surface area contributed by atoms with Crippen molar-refractivity contribution in [2.45, 2.75) is 31.7 Å². The van der Waals surface area contributed by atoms with E-state index < -0.39 is 5.79 Å². The summed E-state index contributed by atoms with van der Waals surface area (Å²) < 4.78 is 10.9. The van der Waals surface area contributed by atoms with Gasteiger partial charge in [-0.1, -0.05) is 6.58 Å². The first-order valence-corrected chi connectivity index (χ1v) is 4.73. The molecule has 0 amide bonds. The molecule has 1 aliphatic heterocycles. The smallest absolute Gasteiger partial charge is 0.185 e. The Morgan fingerprint density at radius 3 is 2.93 bits per heavy atom. The van der Waals surface area contributed by atoms with E-state index in [0.717, 1.165) is 17.9 Å². The molecule has 1 fully saturated rings. The molecular weight excluding hydrogens is 180 g/mol. The van der Waals surface area contributed by atoms with Gasteiger partial charge in [-0.3, -0.25) is 0 Å². The lowest BCUT2D eigenvalue weighted by atomic mass is 10.1. The zero-order valence-electron chi connectivity index (χ0n) is 8.19. The Labute approximate surface area is 83.0 Å². The first-order chi connectivity index (χ1) is 6.63. The third-order valence-electron chi connectivity index (χ3n) is 2.51. The monoisotopic (exact) mass is 194 g/mol. The first kappa shape index (κ1) is 9.49. The molecule has 1 aromatic heterocycles. The fourth-order valence-electron chi connectivity index (χ4n) is 1.68. The van der Waals surface area contributed by atoms with Crippen molar-refractivity contribution in [2.24, 2.45) is 0 Å². The summed E-state index contributed by atoms with van der Waals surface area (Å²) in [5, 5.41) is 9.76. The molecule has 0 bridgehead atoms. The summed E-state index contributed by atoms with van der Waals surface area (Å²) in [5.74, 6) is 0.462. The lowest BCUT2D eigenvalue weighted by Crippen LogP contribution is -2.23. The van der Waals surface area contributed by atoms with Crippen LogP contribution in [0.4, 0.5) is 0 Å². The van der Waals surface area contributed by atoms with Crippen molar-refractivity contribution in [3.05, 3.63) is 36.3 Å². The van der Waals surface area contributed by atoms with Gasteiger partial charge in [0.05, 0.1) is 0 Å². The highest BCUT2D eigenvalue weighted by Crippen LogP contribution is 2.38. The Morgan fingerprint density at radius 1 is 1.64 bits per heavy atom. The van der Waals surface area contributed by atoms with Crippen molar-refractivity contribution in [3.63, 3.8) is 0 Å². The molecule has 14 heavy (non-hydrogen) atoms. The SMILES string of the molecule is C=CC1(O)CCC(c2ccc(C)o2)O1. The van der Waals surface area contributed by atoms with Gasteiger partial charge in [-0.15, -0.1) is 0 Å². The van der Waals surface area contributed by atoms with Crippen molar-refractivity contribution in [1.82, 2.24) is 0 Å². The van der Waals surface area contributed by atoms with Gasteiger partial charge in [0, 0.05) is 6.42 Å². The van der Waals surface area contributed by atoms with Crippen LogP contribution in [0.5, 0.6) is 0 Å². The van der Waals surface area contributed by atoms with Crippen LogP contribution in [0.1, 0.15) is 30.5 Å². The molecule has 2 rings (SSSR count). The number of furan rings is 1. The van der Waals surface area contributed by atoms with Gasteiger partial charge in [-0.2, -0.15) is 0 Å². The van der Waals surface area contributed by atoms with Gasteiger partial charge < -0.3 is 14.3 Å². The zero-order valence-corrected chi connectivity index (χ0v) is 8.19. The molecule has 3 heteroatoms. The van der Waals surface area contributed by atoms with E-state index >= 15 is 0 Å². The molecule has 1 aliphatic rings. The summed E-state index contributed by atoms with van der Waals surface area (Å²) in [5.41, 5.74) is 0. The summed E-state index contributed by atoms with van der Waals surface area (Å²) in [6.07, 6.45) is 2.62. The molecule has 1 aromatic rings. The van der Waals surface area contributed by atoms with Crippen LogP contribution in [0.3, 0.4) is 0 Å². The predicted octanol–water partition coefficient (Wildman–Crippen LogP) is 2.31. The molecular formula is C11H14O3. The lowest BCUT2D eigenvalue weighted by molar-refractivity contribution is -0.160. The van der Waals surface area contributed by atoms with E-state index in [-0.39, 0.29) is 6.10 Å². The Morgan fingerprint density at radius 2 is 2.43 bits per heavy atom. The minimum absolute atomic E-state index is 0.147. The molecule has 2 heterocycles. The second-order valence-corrected chi connectivity index (χ2v) is 3.64. The molecule has 76 valence electrons. The number of aryl methyl sites for hydroxylation is 1. The van der Waals surface area contributed by atoms with Gasteiger partial charge >= 0.3 is 0 Å². The van der Waals surface area contributed by atoms with Crippen LogP contribution in [0.2, 0.25) is 0 Å². The largest absolute Gasteiger partial charge is 0.464 e. The van der Waals surface area contributed by atoms with Crippen LogP contribution in [0.15, 0.2) is 29.2 Å². The molecule has 2 atom stereocenters. The van der Waals surface area contributed by atoms with Crippen LogP contribution in [0.25, 0.3) is 0 Å². The third-order valence-corrected chi connectivity index (χ3v) is 2.51. The van der Waals surface area contributed by atoms with Crippen molar-refractivity contribution in [2.75, 3.05) is 0 Å². The molecule has 1 saturated heterocycles. The van der Waals surface area contributed by atoms with Crippen LogP contribution in [0, 0.1) is 6.92 Å². The number of ether oxygens (including phenoxy) is 1. The fourth-order valence-corrected chi connectivity index (χ4v) is 1.68. The molecule has 0 aromatic carbocycles. The second-order valence-electron chi connectivity index (χ2n) is 3.64. The summed E-state index contributed by atoms with van der Waals surface area (Å²) in [6, 6.07) is 3.78. The van der Waals surface area contributed by atoms with E-state index in [1.807, 2.05) is 19.1 Å². The minimum Gasteiger partial charge on any atom is -0.464 e. The average molecular weight is 194 g/mol. The highest BCUT2D eigenvalue weighted by Gasteiger charge is 2.37. The summed E-state index contributed by atoms with van der Waals surface area (Å²) in [6.45, 7) is 5.43. The van der Waals surface area contributed by atoms with Crippen LogP contribution < -0.4 is 0 Å². The maximum atomic E-state index is 9.76. The van der Waals surface area contributed by atoms with E-state index in [4.69, 9.17) is 9.15 Å². The van der Waals surface area contributed by atoms with Gasteiger partial charge in [-0.05, 0) is 31.6 Å². The minimum atomic E-state index is -1.18. The van der Waals surface area contributed by atoms with Gasteiger partial charge in [-0.25, -0.2) is 0 Å². The zero-order chi connectivity index (χ0) is 10.2. The van der Waals surface area contributed by atoms with Crippen LogP contribution in [-0.2, 0) is 4.74 Å². The van der Waals surface area contributed by atoms with Crippen LogP contribution >= 0.6 is 0 Å². The molecule has 0 saturated carbocycles.